The molecule has 1 aromatic carbocycles. The van der Waals surface area contributed by atoms with Crippen LogP contribution in [0.2, 0.25) is 0 Å². The molecule has 1 saturated heterocycles. The number of hydrogen-bond donors (Lipinski definition) is 0. The third-order valence-corrected chi connectivity index (χ3v) is 7.61. The molecule has 0 bridgehead atoms. The van der Waals surface area contributed by atoms with E-state index in [9.17, 15) is 21.6 Å². The fraction of sp³-hybridized carbons (Fsp3) is 0.533. The SMILES string of the molecule is CN(C)N(C(=O)c1cccc(S(=O)(=O)N(C)C)c1)C1CCS(=O)(=O)C1. The van der Waals surface area contributed by atoms with Crippen LogP contribution in [0.1, 0.15) is 16.8 Å². The number of rotatable bonds is 5. The third kappa shape index (κ3) is 4.20. The molecule has 1 amide bonds. The molecule has 1 fully saturated rings. The molecule has 140 valence electrons. The Balaban J connectivity index is 2.38. The fourth-order valence-corrected chi connectivity index (χ4v) is 5.42. The van der Waals surface area contributed by atoms with Crippen LogP contribution in [-0.4, -0.2) is 82.8 Å². The van der Waals surface area contributed by atoms with Crippen LogP contribution in [0.3, 0.4) is 0 Å². The van der Waals surface area contributed by atoms with Crippen molar-refractivity contribution in [2.75, 3.05) is 39.7 Å². The summed E-state index contributed by atoms with van der Waals surface area (Å²) in [7, 11) is -0.675. The molecule has 25 heavy (non-hydrogen) atoms. The maximum absolute atomic E-state index is 12.9. The van der Waals surface area contributed by atoms with E-state index in [-0.39, 0.29) is 22.0 Å². The molecule has 0 aliphatic carbocycles. The zero-order valence-corrected chi connectivity index (χ0v) is 16.3. The predicted molar refractivity (Wildman–Crippen MR) is 94.2 cm³/mol. The molecule has 0 aromatic heterocycles. The molecule has 0 radical (unpaired) electrons. The number of sulfone groups is 1. The lowest BCUT2D eigenvalue weighted by atomic mass is 10.1. The van der Waals surface area contributed by atoms with E-state index in [1.54, 1.807) is 19.1 Å². The van der Waals surface area contributed by atoms with Crippen LogP contribution >= 0.6 is 0 Å². The van der Waals surface area contributed by atoms with E-state index in [2.05, 4.69) is 0 Å². The lowest BCUT2D eigenvalue weighted by Crippen LogP contribution is -2.49. The van der Waals surface area contributed by atoms with Crippen molar-refractivity contribution in [2.45, 2.75) is 17.4 Å². The van der Waals surface area contributed by atoms with Crippen molar-refractivity contribution in [1.29, 1.82) is 0 Å². The Labute approximate surface area is 149 Å². The Morgan fingerprint density at radius 2 is 1.80 bits per heavy atom. The minimum atomic E-state index is -3.66. The first kappa shape index (κ1) is 19.8. The van der Waals surface area contributed by atoms with Crippen molar-refractivity contribution in [3.63, 3.8) is 0 Å². The molecule has 1 heterocycles. The number of hydrazine groups is 1. The normalized spacial score (nSPS) is 20.2. The van der Waals surface area contributed by atoms with Crippen molar-refractivity contribution in [2.24, 2.45) is 0 Å². The Bertz CT molecular complexity index is 863. The van der Waals surface area contributed by atoms with Gasteiger partial charge in [-0.15, -0.1) is 0 Å². The van der Waals surface area contributed by atoms with Crippen LogP contribution in [-0.2, 0) is 19.9 Å². The number of amides is 1. The number of nitrogens with zero attached hydrogens (tertiary/aromatic N) is 3. The molecule has 10 heteroatoms. The first-order valence-electron chi connectivity index (χ1n) is 7.69. The molecule has 0 N–H and O–H groups in total. The molecule has 8 nitrogen and oxygen atoms in total. The number of sulfonamides is 1. The molecular weight excluding hydrogens is 366 g/mol. The molecule has 2 rings (SSSR count). The summed E-state index contributed by atoms with van der Waals surface area (Å²) in [5.74, 6) is -0.473. The zero-order valence-electron chi connectivity index (χ0n) is 14.7. The van der Waals surface area contributed by atoms with E-state index in [1.165, 1.54) is 43.4 Å². The quantitative estimate of drug-likeness (QED) is 0.660. The summed E-state index contributed by atoms with van der Waals surface area (Å²) in [6.45, 7) is 0. The monoisotopic (exact) mass is 389 g/mol. The maximum Gasteiger partial charge on any atom is 0.268 e. The second-order valence-electron chi connectivity index (χ2n) is 6.37. The van der Waals surface area contributed by atoms with Gasteiger partial charge in [0.25, 0.3) is 5.91 Å². The fourth-order valence-electron chi connectivity index (χ4n) is 2.78. The highest BCUT2D eigenvalue weighted by Crippen LogP contribution is 2.22. The summed E-state index contributed by atoms with van der Waals surface area (Å²) in [6.07, 6.45) is 0.363. The first-order chi connectivity index (χ1) is 11.5. The average molecular weight is 389 g/mol. The minimum Gasteiger partial charge on any atom is -0.268 e. The number of benzene rings is 1. The smallest absolute Gasteiger partial charge is 0.268 e. The van der Waals surface area contributed by atoms with Crippen molar-refractivity contribution in [1.82, 2.24) is 14.3 Å². The van der Waals surface area contributed by atoms with Gasteiger partial charge >= 0.3 is 0 Å². The lowest BCUT2D eigenvalue weighted by molar-refractivity contribution is 0.000988. The summed E-state index contributed by atoms with van der Waals surface area (Å²) in [5.41, 5.74) is 0.195. The van der Waals surface area contributed by atoms with E-state index >= 15 is 0 Å². The van der Waals surface area contributed by atoms with Gasteiger partial charge in [0.05, 0.1) is 22.4 Å². The number of hydrogen-bond acceptors (Lipinski definition) is 6. The van der Waals surface area contributed by atoms with Gasteiger partial charge in [-0.3, -0.25) is 9.80 Å². The number of carbonyl (C=O) groups excluding carboxylic acids is 1. The Hall–Kier alpha value is -1.49. The van der Waals surface area contributed by atoms with Gasteiger partial charge in [-0.05, 0) is 24.6 Å². The molecular formula is C15H23N3O5S2. The Morgan fingerprint density at radius 1 is 1.16 bits per heavy atom. The largest absolute Gasteiger partial charge is 0.268 e. The molecule has 1 aliphatic heterocycles. The Kier molecular flexibility index (Phi) is 5.57. The van der Waals surface area contributed by atoms with Gasteiger partial charge in [0.15, 0.2) is 9.84 Å². The molecule has 1 aromatic rings. The highest BCUT2D eigenvalue weighted by atomic mass is 32.2. The van der Waals surface area contributed by atoms with Gasteiger partial charge in [-0.25, -0.2) is 26.1 Å². The van der Waals surface area contributed by atoms with Crippen LogP contribution in [0, 0.1) is 0 Å². The summed E-state index contributed by atoms with van der Waals surface area (Å²) < 4.78 is 49.1. The highest BCUT2D eigenvalue weighted by molar-refractivity contribution is 7.91. The third-order valence-electron chi connectivity index (χ3n) is 4.05. The second-order valence-corrected chi connectivity index (χ2v) is 10.7. The van der Waals surface area contributed by atoms with Crippen LogP contribution < -0.4 is 0 Å². The number of carbonyl (C=O) groups is 1. The molecule has 0 saturated carbocycles. The standard InChI is InChI=1S/C15H23N3O5S2/c1-16(2)18(13-8-9-24(20,21)11-13)15(19)12-6-5-7-14(10-12)25(22,23)17(3)4/h5-7,10,13H,8-9,11H2,1-4H3. The second kappa shape index (κ2) is 7.02. The van der Waals surface area contributed by atoms with Crippen molar-refractivity contribution >= 4 is 25.8 Å². The van der Waals surface area contributed by atoms with Crippen LogP contribution in [0.5, 0.6) is 0 Å². The van der Waals surface area contributed by atoms with Gasteiger partial charge in [-0.2, -0.15) is 0 Å². The van der Waals surface area contributed by atoms with Gasteiger partial charge in [0, 0.05) is 33.8 Å². The van der Waals surface area contributed by atoms with E-state index < -0.39 is 31.8 Å². The van der Waals surface area contributed by atoms with E-state index in [4.69, 9.17) is 0 Å². The average Bonchev–Trinajstić information content (AvgIpc) is 2.86. The van der Waals surface area contributed by atoms with E-state index in [0.717, 1.165) is 4.31 Å². The molecule has 1 atom stereocenters. The Morgan fingerprint density at radius 3 is 2.28 bits per heavy atom. The van der Waals surface area contributed by atoms with Gasteiger partial charge in [-0.1, -0.05) is 6.07 Å². The summed E-state index contributed by atoms with van der Waals surface area (Å²) >= 11 is 0. The van der Waals surface area contributed by atoms with E-state index in [0.29, 0.717) is 6.42 Å². The predicted octanol–water partition coefficient (Wildman–Crippen LogP) is 0.0428. The maximum atomic E-state index is 12.9. The van der Waals surface area contributed by atoms with Crippen molar-refractivity contribution in [3.8, 4) is 0 Å². The summed E-state index contributed by atoms with van der Waals surface area (Å²) in [6, 6.07) is 5.31. The van der Waals surface area contributed by atoms with Crippen molar-refractivity contribution in [3.05, 3.63) is 29.8 Å². The van der Waals surface area contributed by atoms with E-state index in [1.807, 2.05) is 0 Å². The summed E-state index contributed by atoms with van der Waals surface area (Å²) in [4.78, 5) is 12.9. The van der Waals surface area contributed by atoms with Gasteiger partial charge < -0.3 is 0 Å². The van der Waals surface area contributed by atoms with Crippen LogP contribution in [0.4, 0.5) is 0 Å². The highest BCUT2D eigenvalue weighted by Gasteiger charge is 2.36. The van der Waals surface area contributed by atoms with Crippen molar-refractivity contribution < 1.29 is 21.6 Å². The van der Waals surface area contributed by atoms with Gasteiger partial charge in [0.1, 0.15) is 0 Å². The summed E-state index contributed by atoms with van der Waals surface area (Å²) in [5, 5.41) is 2.92. The molecule has 0 spiro atoms. The topological polar surface area (TPSA) is 95.1 Å². The minimum absolute atomic E-state index is 0.0149. The first-order valence-corrected chi connectivity index (χ1v) is 11.0. The van der Waals surface area contributed by atoms with Gasteiger partial charge in [0.2, 0.25) is 10.0 Å². The molecule has 1 unspecified atom stereocenters. The lowest BCUT2D eigenvalue weighted by Gasteiger charge is -2.33. The zero-order chi connectivity index (χ0) is 19.0. The van der Waals surface area contributed by atoms with Crippen LogP contribution in [0.15, 0.2) is 29.2 Å². The molecule has 1 aliphatic rings. The van der Waals surface area contributed by atoms with Crippen LogP contribution in [0.25, 0.3) is 0 Å².